The smallest absolute Gasteiger partial charge is 0.306 e. The van der Waals surface area contributed by atoms with E-state index in [2.05, 4.69) is 98.9 Å². The van der Waals surface area contributed by atoms with Crippen molar-refractivity contribution in [1.29, 1.82) is 0 Å². The first kappa shape index (κ1) is 81.2. The average Bonchev–Trinajstić information content (AvgIpc) is 3.61. The number of nitrogens with zero attached hydrogens (tertiary/aromatic N) is 1. The molecule has 0 N–H and O–H groups in total. The maximum atomic E-state index is 12.9. The van der Waals surface area contributed by atoms with Crippen LogP contribution in [0.15, 0.2) is 85.1 Å². The first-order valence-corrected chi connectivity index (χ1v) is 36.8. The molecule has 0 spiro atoms. The van der Waals surface area contributed by atoms with Gasteiger partial charge < -0.3 is 27.9 Å². The molecule has 0 saturated heterocycles. The summed E-state index contributed by atoms with van der Waals surface area (Å²) in [4.78, 5) is 38.1. The fourth-order valence-electron chi connectivity index (χ4n) is 10.0. The molecule has 9 nitrogen and oxygen atoms in total. The van der Waals surface area contributed by atoms with Crippen LogP contribution >= 0.6 is 7.82 Å². The predicted molar refractivity (Wildman–Crippen MR) is 360 cm³/mol. The highest BCUT2D eigenvalue weighted by atomic mass is 31.2. The van der Waals surface area contributed by atoms with Crippen LogP contribution in [0.5, 0.6) is 0 Å². The Kier molecular flexibility index (Phi) is 62.5. The summed E-state index contributed by atoms with van der Waals surface area (Å²) in [6.07, 6.45) is 88.1. The van der Waals surface area contributed by atoms with Gasteiger partial charge in [-0.05, 0) is 89.9 Å². The van der Waals surface area contributed by atoms with Gasteiger partial charge in [-0.25, -0.2) is 0 Å². The number of hydrogen-bond donors (Lipinski definition) is 0. The van der Waals surface area contributed by atoms with Crippen LogP contribution in [0.2, 0.25) is 0 Å². The Bertz CT molecular complexity index is 1690. The van der Waals surface area contributed by atoms with Gasteiger partial charge in [0.2, 0.25) is 0 Å². The van der Waals surface area contributed by atoms with Crippen LogP contribution in [0.3, 0.4) is 0 Å². The van der Waals surface area contributed by atoms with Crippen LogP contribution in [-0.2, 0) is 32.7 Å². The van der Waals surface area contributed by atoms with E-state index in [-0.39, 0.29) is 32.0 Å². The van der Waals surface area contributed by atoms with Crippen LogP contribution in [0, 0.1) is 0 Å². The summed E-state index contributed by atoms with van der Waals surface area (Å²) < 4.78 is 34.3. The normalized spacial score (nSPS) is 13.6. The molecule has 488 valence electrons. The standard InChI is InChI=1S/C74H134NO8P/c1-6-8-10-12-14-16-18-20-22-24-26-28-30-32-33-34-35-36-37-38-39-40-41-43-45-47-49-51-53-55-57-59-61-63-65-67-74(77)83-72(71-82-84(78,79)81-69-68-75(3,4)5)70-80-73(76)66-64-62-60-58-56-54-52-50-48-46-44-42-31-29-27-25-23-21-19-17-15-13-11-9-7-2/h8,10,14,16,19-22,25-28,31,42,72H,6-7,9,11-13,15,17-18,23-24,29-30,32-41,43-71H2,1-5H3/b10-8-,16-14-,21-19-,22-20-,27-25-,28-26-,42-31-. The number of rotatable bonds is 65. The molecule has 10 heteroatoms. The van der Waals surface area contributed by atoms with Crippen molar-refractivity contribution in [3.8, 4) is 0 Å². The van der Waals surface area contributed by atoms with E-state index in [1.54, 1.807) is 0 Å². The lowest BCUT2D eigenvalue weighted by Crippen LogP contribution is -2.37. The number of ether oxygens (including phenoxy) is 2. The molecule has 0 heterocycles. The summed E-state index contributed by atoms with van der Waals surface area (Å²) in [6.45, 7) is 4.15. The maximum absolute atomic E-state index is 12.9. The number of unbranched alkanes of at least 4 members (excludes halogenated alkanes) is 37. The summed E-state index contributed by atoms with van der Waals surface area (Å²) in [6, 6.07) is 0. The van der Waals surface area contributed by atoms with Gasteiger partial charge in [0.15, 0.2) is 6.10 Å². The second kappa shape index (κ2) is 64.7. The average molecular weight is 1200 g/mol. The molecule has 0 aliphatic carbocycles. The lowest BCUT2D eigenvalue weighted by Gasteiger charge is -2.28. The highest BCUT2D eigenvalue weighted by molar-refractivity contribution is 7.45. The number of carbonyl (C=O) groups is 2. The number of quaternary nitrogens is 1. The summed E-state index contributed by atoms with van der Waals surface area (Å²) in [5.41, 5.74) is 0. The van der Waals surface area contributed by atoms with Crippen LogP contribution < -0.4 is 4.89 Å². The summed E-state index contributed by atoms with van der Waals surface area (Å²) >= 11 is 0. The third kappa shape index (κ3) is 68.3. The molecule has 0 fully saturated rings. The molecule has 0 aliphatic rings. The zero-order valence-corrected chi connectivity index (χ0v) is 56.5. The van der Waals surface area contributed by atoms with Gasteiger partial charge in [0, 0.05) is 12.8 Å². The van der Waals surface area contributed by atoms with Crippen molar-refractivity contribution in [3.63, 3.8) is 0 Å². The first-order valence-electron chi connectivity index (χ1n) is 35.3. The number of esters is 2. The largest absolute Gasteiger partial charge is 0.756 e. The highest BCUT2D eigenvalue weighted by Crippen LogP contribution is 2.38. The molecule has 84 heavy (non-hydrogen) atoms. The van der Waals surface area contributed by atoms with Crippen molar-refractivity contribution in [2.45, 2.75) is 328 Å². The second-order valence-corrected chi connectivity index (χ2v) is 26.3. The molecule has 0 saturated carbocycles. The van der Waals surface area contributed by atoms with E-state index in [4.69, 9.17) is 18.5 Å². The number of phosphoric ester groups is 1. The van der Waals surface area contributed by atoms with Crippen molar-refractivity contribution in [3.05, 3.63) is 85.1 Å². The fraction of sp³-hybridized carbons (Fsp3) is 0.784. The second-order valence-electron chi connectivity index (χ2n) is 24.9. The molecule has 0 aromatic rings. The van der Waals surface area contributed by atoms with Gasteiger partial charge in [-0.15, -0.1) is 0 Å². The van der Waals surface area contributed by atoms with Crippen molar-refractivity contribution >= 4 is 19.8 Å². The van der Waals surface area contributed by atoms with Crippen LogP contribution in [0.1, 0.15) is 322 Å². The first-order chi connectivity index (χ1) is 41.0. The monoisotopic (exact) mass is 1200 g/mol. The van der Waals surface area contributed by atoms with E-state index >= 15 is 0 Å². The number of allylic oxidation sites excluding steroid dienone is 14. The SMILES string of the molecule is CC/C=C\C/C=C\C/C=C\C/C=C\CCCCCCCCCCCCCCCCCCCCCCCCC(=O)OC(COC(=O)CCCCCCCCCCCC/C=C\C/C=C\C/C=C\CCCCCCC)COP(=O)([O-])OCC[N+](C)(C)C. The quantitative estimate of drug-likeness (QED) is 0.0195. The lowest BCUT2D eigenvalue weighted by molar-refractivity contribution is -0.870. The van der Waals surface area contributed by atoms with E-state index in [1.165, 1.54) is 212 Å². The Hall–Kier alpha value is -2.81. The molecular weight excluding hydrogens is 1060 g/mol. The predicted octanol–water partition coefficient (Wildman–Crippen LogP) is 22.3. The number of phosphoric acid groups is 1. The van der Waals surface area contributed by atoms with Crippen LogP contribution in [0.25, 0.3) is 0 Å². The Labute approximate surface area is 520 Å². The van der Waals surface area contributed by atoms with Crippen LogP contribution in [0.4, 0.5) is 0 Å². The Morgan fingerprint density at radius 2 is 0.679 bits per heavy atom. The van der Waals surface area contributed by atoms with E-state index in [1.807, 2.05) is 21.1 Å². The Balaban J connectivity index is 4.01. The van der Waals surface area contributed by atoms with Crippen molar-refractivity contribution < 1.29 is 42.1 Å². The number of likely N-dealkylation sites (N-methyl/N-ethyl adjacent to an activating group) is 1. The molecule has 0 aliphatic heterocycles. The molecule has 2 atom stereocenters. The van der Waals surface area contributed by atoms with Gasteiger partial charge in [-0.3, -0.25) is 14.2 Å². The van der Waals surface area contributed by atoms with E-state index in [0.29, 0.717) is 17.4 Å². The van der Waals surface area contributed by atoms with Crippen molar-refractivity contribution in [2.24, 2.45) is 0 Å². The van der Waals surface area contributed by atoms with Gasteiger partial charge >= 0.3 is 11.9 Å². The van der Waals surface area contributed by atoms with E-state index in [9.17, 15) is 19.0 Å². The van der Waals surface area contributed by atoms with Crippen molar-refractivity contribution in [1.82, 2.24) is 0 Å². The fourth-order valence-corrected chi connectivity index (χ4v) is 10.7. The summed E-state index contributed by atoms with van der Waals surface area (Å²) in [5.74, 6) is -0.826. The van der Waals surface area contributed by atoms with E-state index < -0.39 is 26.5 Å². The topological polar surface area (TPSA) is 111 Å². The molecular formula is C74H134NO8P. The minimum Gasteiger partial charge on any atom is -0.756 e. The molecule has 0 bridgehead atoms. The third-order valence-electron chi connectivity index (χ3n) is 15.4. The lowest BCUT2D eigenvalue weighted by atomic mass is 10.0. The number of hydrogen-bond acceptors (Lipinski definition) is 8. The molecule has 0 aromatic carbocycles. The minimum absolute atomic E-state index is 0.0323. The minimum atomic E-state index is -4.64. The zero-order chi connectivity index (χ0) is 61.2. The zero-order valence-electron chi connectivity index (χ0n) is 55.6. The summed E-state index contributed by atoms with van der Waals surface area (Å²) in [7, 11) is 1.17. The van der Waals surface area contributed by atoms with Gasteiger partial charge in [0.25, 0.3) is 7.82 Å². The maximum Gasteiger partial charge on any atom is 0.306 e. The highest BCUT2D eigenvalue weighted by Gasteiger charge is 2.22. The van der Waals surface area contributed by atoms with Crippen molar-refractivity contribution in [2.75, 3.05) is 47.5 Å². The third-order valence-corrected chi connectivity index (χ3v) is 16.4. The molecule has 0 radical (unpaired) electrons. The Morgan fingerprint density at radius 1 is 0.381 bits per heavy atom. The van der Waals surface area contributed by atoms with Gasteiger partial charge in [0.1, 0.15) is 19.8 Å². The van der Waals surface area contributed by atoms with Gasteiger partial charge in [-0.2, -0.15) is 0 Å². The molecule has 0 amide bonds. The molecule has 0 aromatic heterocycles. The van der Waals surface area contributed by atoms with Gasteiger partial charge in [-0.1, -0.05) is 304 Å². The number of carbonyl (C=O) groups excluding carboxylic acids is 2. The summed E-state index contributed by atoms with van der Waals surface area (Å²) in [5, 5.41) is 0. The van der Waals surface area contributed by atoms with E-state index in [0.717, 1.165) is 77.0 Å². The Morgan fingerprint density at radius 3 is 1.01 bits per heavy atom. The molecule has 0 rings (SSSR count). The van der Waals surface area contributed by atoms with Gasteiger partial charge in [0.05, 0.1) is 27.7 Å². The molecule has 2 unspecified atom stereocenters. The van der Waals surface area contributed by atoms with Crippen LogP contribution in [-0.4, -0.2) is 70.0 Å².